The van der Waals surface area contributed by atoms with Crippen LogP contribution in [0, 0.1) is 0 Å². The smallest absolute Gasteiger partial charge is 0.0859 e. The maximum absolute atomic E-state index is 5.75. The topological polar surface area (TPSA) is 38.5 Å². The largest absolute Gasteiger partial charge is 0.374 e. The number of morpholine rings is 1. The first kappa shape index (κ1) is 11.9. The molecule has 1 aliphatic heterocycles. The summed E-state index contributed by atoms with van der Waals surface area (Å²) in [5.74, 6) is 0. The molecule has 0 aliphatic carbocycles. The van der Waals surface area contributed by atoms with E-state index in [0.717, 1.165) is 19.7 Å². The molecule has 2 atom stereocenters. The molecule has 0 saturated carbocycles. The summed E-state index contributed by atoms with van der Waals surface area (Å²) >= 11 is 4.65. The third kappa shape index (κ3) is 2.77. The maximum atomic E-state index is 5.75. The number of ether oxygens (including phenoxy) is 1. The summed E-state index contributed by atoms with van der Waals surface area (Å²) in [7, 11) is 0. The summed E-state index contributed by atoms with van der Waals surface area (Å²) in [5, 5.41) is 0.121. The summed E-state index contributed by atoms with van der Waals surface area (Å²) in [6.07, 6.45) is 0.128. The van der Waals surface area contributed by atoms with Crippen LogP contribution >= 0.6 is 12.6 Å². The van der Waals surface area contributed by atoms with Gasteiger partial charge in [0.05, 0.1) is 18.0 Å². The molecule has 1 aliphatic rings. The van der Waals surface area contributed by atoms with Gasteiger partial charge in [-0.05, 0) is 5.56 Å². The van der Waals surface area contributed by atoms with Gasteiger partial charge in [0.25, 0.3) is 0 Å². The van der Waals surface area contributed by atoms with Crippen molar-refractivity contribution in [3.8, 4) is 0 Å². The minimum Gasteiger partial charge on any atom is -0.374 e. The molecular formula is C12H18N2OS. The second kappa shape index (κ2) is 5.68. The Morgan fingerprint density at radius 1 is 1.44 bits per heavy atom. The molecule has 0 amide bonds. The zero-order valence-electron chi connectivity index (χ0n) is 9.25. The molecule has 0 bridgehead atoms. The van der Waals surface area contributed by atoms with Gasteiger partial charge in [0, 0.05) is 19.8 Å². The van der Waals surface area contributed by atoms with E-state index < -0.39 is 0 Å². The van der Waals surface area contributed by atoms with Crippen molar-refractivity contribution in [2.24, 2.45) is 5.73 Å². The minimum atomic E-state index is 0.121. The minimum absolute atomic E-state index is 0.121. The van der Waals surface area contributed by atoms with Crippen LogP contribution in [-0.4, -0.2) is 37.4 Å². The lowest BCUT2D eigenvalue weighted by molar-refractivity contribution is -0.0279. The highest BCUT2D eigenvalue weighted by molar-refractivity contribution is 7.80. The molecule has 4 heteroatoms. The number of hydrogen-bond acceptors (Lipinski definition) is 4. The van der Waals surface area contributed by atoms with Crippen molar-refractivity contribution in [2.45, 2.75) is 11.4 Å². The first-order valence-corrected chi connectivity index (χ1v) is 6.10. The standard InChI is InChI=1S/C12H18N2OS/c13-9-14-6-7-15-11(8-14)12(16)10-4-2-1-3-5-10/h1-5,11-12,16H,6-9,13H2/t11-,12-/m0/s1. The van der Waals surface area contributed by atoms with Gasteiger partial charge in [0.1, 0.15) is 0 Å². The lowest BCUT2D eigenvalue weighted by atomic mass is 10.1. The quantitative estimate of drug-likeness (QED) is 0.779. The average Bonchev–Trinajstić information content (AvgIpc) is 2.39. The first-order chi connectivity index (χ1) is 7.81. The van der Waals surface area contributed by atoms with Crippen molar-refractivity contribution in [1.29, 1.82) is 0 Å². The number of thiol groups is 1. The third-order valence-corrected chi connectivity index (χ3v) is 3.56. The van der Waals surface area contributed by atoms with Gasteiger partial charge in [-0.3, -0.25) is 4.90 Å². The fraction of sp³-hybridized carbons (Fsp3) is 0.500. The molecule has 1 aromatic carbocycles. The lowest BCUT2D eigenvalue weighted by Gasteiger charge is -2.34. The number of nitrogens with zero attached hydrogens (tertiary/aromatic N) is 1. The Kier molecular flexibility index (Phi) is 4.23. The average molecular weight is 238 g/mol. The SMILES string of the molecule is NCN1CCO[C@H]([C@@H](S)c2ccccc2)C1. The summed E-state index contributed by atoms with van der Waals surface area (Å²) in [6, 6.07) is 10.2. The number of hydrogen-bond donors (Lipinski definition) is 2. The van der Waals surface area contributed by atoms with E-state index in [1.54, 1.807) is 0 Å². The van der Waals surface area contributed by atoms with Gasteiger partial charge in [-0.1, -0.05) is 30.3 Å². The summed E-state index contributed by atoms with van der Waals surface area (Å²) in [4.78, 5) is 2.19. The highest BCUT2D eigenvalue weighted by atomic mass is 32.1. The lowest BCUT2D eigenvalue weighted by Crippen LogP contribution is -2.46. The summed E-state index contributed by atoms with van der Waals surface area (Å²) in [5.41, 5.74) is 6.85. The molecule has 2 rings (SSSR count). The Morgan fingerprint density at radius 2 is 2.19 bits per heavy atom. The Bertz CT molecular complexity index is 320. The van der Waals surface area contributed by atoms with E-state index in [2.05, 4.69) is 29.7 Å². The van der Waals surface area contributed by atoms with Gasteiger partial charge in [-0.2, -0.15) is 12.6 Å². The Morgan fingerprint density at radius 3 is 2.88 bits per heavy atom. The van der Waals surface area contributed by atoms with E-state index in [0.29, 0.717) is 6.67 Å². The molecule has 0 aromatic heterocycles. The predicted molar refractivity (Wildman–Crippen MR) is 68.5 cm³/mol. The normalized spacial score (nSPS) is 24.2. The van der Waals surface area contributed by atoms with Crippen molar-refractivity contribution in [2.75, 3.05) is 26.4 Å². The van der Waals surface area contributed by atoms with Crippen LogP contribution in [0.5, 0.6) is 0 Å². The van der Waals surface area contributed by atoms with E-state index >= 15 is 0 Å². The Hall–Kier alpha value is -0.550. The number of rotatable bonds is 3. The van der Waals surface area contributed by atoms with Crippen molar-refractivity contribution in [3.05, 3.63) is 35.9 Å². The van der Waals surface area contributed by atoms with Crippen LogP contribution in [0.15, 0.2) is 30.3 Å². The molecule has 1 aromatic rings. The van der Waals surface area contributed by atoms with E-state index in [1.807, 2.05) is 18.2 Å². The van der Waals surface area contributed by atoms with Crippen LogP contribution in [0.2, 0.25) is 0 Å². The van der Waals surface area contributed by atoms with Crippen molar-refractivity contribution in [1.82, 2.24) is 4.90 Å². The molecule has 0 unspecified atom stereocenters. The molecule has 0 radical (unpaired) electrons. The molecule has 1 heterocycles. The molecule has 1 fully saturated rings. The van der Waals surface area contributed by atoms with E-state index in [9.17, 15) is 0 Å². The van der Waals surface area contributed by atoms with Crippen molar-refractivity contribution in [3.63, 3.8) is 0 Å². The molecular weight excluding hydrogens is 220 g/mol. The number of benzene rings is 1. The highest BCUT2D eigenvalue weighted by Gasteiger charge is 2.26. The Labute approximate surface area is 102 Å². The van der Waals surface area contributed by atoms with Gasteiger partial charge in [0.2, 0.25) is 0 Å². The third-order valence-electron chi connectivity index (χ3n) is 2.93. The van der Waals surface area contributed by atoms with Gasteiger partial charge < -0.3 is 10.5 Å². The first-order valence-electron chi connectivity index (χ1n) is 5.58. The van der Waals surface area contributed by atoms with E-state index in [-0.39, 0.29) is 11.4 Å². The van der Waals surface area contributed by atoms with Crippen LogP contribution in [0.1, 0.15) is 10.8 Å². The molecule has 1 saturated heterocycles. The Balaban J connectivity index is 2.01. The predicted octanol–water partition coefficient (Wildman–Crippen LogP) is 1.27. The van der Waals surface area contributed by atoms with Crippen molar-refractivity contribution >= 4 is 12.6 Å². The van der Waals surface area contributed by atoms with Crippen LogP contribution in [-0.2, 0) is 4.74 Å². The highest BCUT2D eigenvalue weighted by Crippen LogP contribution is 2.27. The molecule has 0 spiro atoms. The molecule has 16 heavy (non-hydrogen) atoms. The van der Waals surface area contributed by atoms with Crippen LogP contribution < -0.4 is 5.73 Å². The zero-order chi connectivity index (χ0) is 11.4. The maximum Gasteiger partial charge on any atom is 0.0859 e. The van der Waals surface area contributed by atoms with E-state index in [1.165, 1.54) is 5.56 Å². The summed E-state index contributed by atoms with van der Waals surface area (Å²) in [6.45, 7) is 3.11. The van der Waals surface area contributed by atoms with Gasteiger partial charge in [-0.15, -0.1) is 0 Å². The molecule has 88 valence electrons. The van der Waals surface area contributed by atoms with Gasteiger partial charge >= 0.3 is 0 Å². The van der Waals surface area contributed by atoms with Crippen LogP contribution in [0.25, 0.3) is 0 Å². The zero-order valence-corrected chi connectivity index (χ0v) is 10.1. The van der Waals surface area contributed by atoms with Crippen LogP contribution in [0.3, 0.4) is 0 Å². The summed E-state index contributed by atoms with van der Waals surface area (Å²) < 4.78 is 5.75. The monoisotopic (exact) mass is 238 g/mol. The number of nitrogens with two attached hydrogens (primary N) is 1. The fourth-order valence-corrected chi connectivity index (χ4v) is 2.31. The molecule has 3 nitrogen and oxygen atoms in total. The molecule has 2 N–H and O–H groups in total. The second-order valence-corrected chi connectivity index (χ2v) is 4.58. The van der Waals surface area contributed by atoms with Crippen molar-refractivity contribution < 1.29 is 4.74 Å². The van der Waals surface area contributed by atoms with Crippen LogP contribution in [0.4, 0.5) is 0 Å². The van der Waals surface area contributed by atoms with Gasteiger partial charge in [-0.25, -0.2) is 0 Å². The van der Waals surface area contributed by atoms with E-state index in [4.69, 9.17) is 10.5 Å². The van der Waals surface area contributed by atoms with Gasteiger partial charge in [0.15, 0.2) is 0 Å². The fourth-order valence-electron chi connectivity index (χ4n) is 1.95. The second-order valence-electron chi connectivity index (χ2n) is 4.02.